The van der Waals surface area contributed by atoms with Crippen LogP contribution >= 0.6 is 79.7 Å². The summed E-state index contributed by atoms with van der Waals surface area (Å²) in [5.41, 5.74) is 13.7. The Bertz CT molecular complexity index is 6750. The zero-order valence-corrected chi connectivity index (χ0v) is 89.9. The van der Waals surface area contributed by atoms with E-state index in [2.05, 4.69) is 98.5 Å². The number of fused-ring (bicyclic) bond motifs is 18. The summed E-state index contributed by atoms with van der Waals surface area (Å²) in [5.74, 6) is -4.07. The zero-order valence-electron chi connectivity index (χ0n) is 84.2. The summed E-state index contributed by atoms with van der Waals surface area (Å²) in [5, 5.41) is 25.5. The van der Waals surface area contributed by atoms with E-state index < -0.39 is 23.3 Å². The van der Waals surface area contributed by atoms with E-state index in [4.69, 9.17) is 21.9 Å². The second-order valence-electron chi connectivity index (χ2n) is 40.2. The van der Waals surface area contributed by atoms with Crippen molar-refractivity contribution in [1.82, 2.24) is 17.9 Å². The number of rotatable bonds is 56. The number of nitrogens with zero attached hydrogens (tertiary/aromatic N) is 8. The fraction of sp³-hybridized carbons (Fsp3) is 0.500. The number of thiophene rings is 6. The van der Waals surface area contributed by atoms with Crippen LogP contribution in [-0.4, -0.2) is 29.4 Å². The Morgan fingerprint density at radius 1 is 0.369 bits per heavy atom. The highest BCUT2D eigenvalue weighted by atomic mass is 32.1. The van der Waals surface area contributed by atoms with Crippen LogP contribution in [0.2, 0.25) is 0 Å². The second-order valence-corrected chi connectivity index (χ2v) is 46.9. The molecule has 21 heteroatoms. The quantitative estimate of drug-likeness (QED) is 0.0123. The highest BCUT2D eigenvalue weighted by Gasteiger charge is 2.39. The van der Waals surface area contributed by atoms with Gasteiger partial charge in [-0.25, -0.2) is 37.8 Å². The van der Waals surface area contributed by atoms with Gasteiger partial charge in [0.15, 0.2) is 34.8 Å². The number of halogens is 4. The third kappa shape index (κ3) is 22.7. The van der Waals surface area contributed by atoms with E-state index in [9.17, 15) is 10.5 Å². The van der Waals surface area contributed by atoms with Crippen molar-refractivity contribution in [2.45, 2.75) is 377 Å². The van der Waals surface area contributed by atoms with Crippen LogP contribution in [0, 0.1) is 70.9 Å². The minimum atomic E-state index is -1.02. The molecule has 0 saturated heterocycles. The third-order valence-corrected chi connectivity index (χ3v) is 38.6. The molecule has 0 bridgehead atoms. The van der Waals surface area contributed by atoms with E-state index in [-0.39, 0.29) is 56.4 Å². The van der Waals surface area contributed by atoms with Crippen molar-refractivity contribution < 1.29 is 27.2 Å². The zero-order chi connectivity index (χ0) is 98.7. The van der Waals surface area contributed by atoms with Gasteiger partial charge in [0, 0.05) is 86.5 Å². The maximum absolute atomic E-state index is 15.4. The van der Waals surface area contributed by atoms with Gasteiger partial charge in [0.2, 0.25) is 0 Å². The second kappa shape index (κ2) is 50.0. The fourth-order valence-corrected chi connectivity index (χ4v) is 31.4. The standard InChI is InChI=1S/C120H138F4N8O2S7/c1-11-19-25-29-33-37-41-45-49-55-77-67-99(135-97(77)69-89-101(95(71-125)127-9)85-59-79-63-91(121)93(123)65-81(79)61-87(85)111(89)133)113-83(57-51-47-43-39-35-31-27-21-13-3)115-119(137-113)109-117(139-115)103-105-106(130-141-129-105)104-108(107(103)131(109)73-75(17-7)53-23-15-5)132(74-76(18-8)54-24-16-6)110-118(104)140-116-84(58-52-48-44-40-36-32-28-22-14-4)114(138-120(110)116)100-68-78(56-50-46-42-38-34-30-26-20-12-2)98(136-100)70-90-102(96(72-126)128-10)86-60-80-64-92(122)94(124)66-82(80)62-88(86)112(90)134/h59-70,75-76H,11-58,73-74H2,1-8H3/b89-69-,90-70-,101-95+,102-96?. The molecule has 0 fully saturated rings. The number of unbranched alkanes of at least 4 members (excludes halogenated alkanes) is 34. The minimum absolute atomic E-state index is 0.225. The highest BCUT2D eigenvalue weighted by molar-refractivity contribution is 7.37. The minimum Gasteiger partial charge on any atom is -0.337 e. The molecule has 14 aromatic rings. The average molecular weight is 2020 g/mol. The van der Waals surface area contributed by atoms with Crippen LogP contribution in [0.5, 0.6) is 0 Å². The van der Waals surface area contributed by atoms with Gasteiger partial charge in [0.25, 0.3) is 11.4 Å². The van der Waals surface area contributed by atoms with E-state index in [1.54, 1.807) is 46.9 Å². The molecule has 10 nitrogen and oxygen atoms in total. The van der Waals surface area contributed by atoms with Crippen LogP contribution in [0.25, 0.3) is 146 Å². The lowest BCUT2D eigenvalue weighted by molar-refractivity contribution is 0.103. The van der Waals surface area contributed by atoms with Gasteiger partial charge in [-0.05, 0) is 204 Å². The summed E-state index contributed by atoms with van der Waals surface area (Å²) in [6, 6.07) is 20.1. The van der Waals surface area contributed by atoms with E-state index in [1.165, 1.54) is 261 Å². The number of hydrogen-bond acceptors (Lipinski definition) is 13. The van der Waals surface area contributed by atoms with Gasteiger partial charge in [-0.1, -0.05) is 299 Å². The van der Waals surface area contributed by atoms with Gasteiger partial charge in [-0.2, -0.15) is 8.75 Å². The summed E-state index contributed by atoms with van der Waals surface area (Å²) in [4.78, 5) is 44.9. The number of hydrogen-bond donors (Lipinski definition) is 0. The number of aromatic nitrogens is 4. The number of ketones is 2. The lowest BCUT2D eigenvalue weighted by atomic mass is 9.98. The number of carbonyl (C=O) groups excluding carboxylic acids is 2. The molecule has 5 aromatic carbocycles. The summed E-state index contributed by atoms with van der Waals surface area (Å²) in [6.45, 7) is 36.9. The maximum Gasteiger partial charge on any atom is 0.270 e. The summed E-state index contributed by atoms with van der Waals surface area (Å²) in [7, 11) is 0. The molecule has 0 aliphatic heterocycles. The van der Waals surface area contributed by atoms with E-state index in [0.29, 0.717) is 44.5 Å². The molecule has 9 heterocycles. The molecule has 2 aliphatic rings. The molecule has 0 saturated carbocycles. The topological polar surface area (TPSA) is 126 Å². The van der Waals surface area contributed by atoms with Gasteiger partial charge < -0.3 is 9.13 Å². The van der Waals surface area contributed by atoms with Crippen molar-refractivity contribution in [1.29, 1.82) is 10.5 Å². The van der Waals surface area contributed by atoms with Crippen LogP contribution in [-0.2, 0) is 38.8 Å². The monoisotopic (exact) mass is 2020 g/mol. The molecule has 0 radical (unpaired) electrons. The number of allylic oxidation sites excluding steroid dienone is 6. The molecule has 740 valence electrons. The van der Waals surface area contributed by atoms with Gasteiger partial charge >= 0.3 is 0 Å². The van der Waals surface area contributed by atoms with Gasteiger partial charge in [-0.3, -0.25) is 9.59 Å². The Morgan fingerprint density at radius 3 is 0.979 bits per heavy atom. The SMILES string of the molecule is [C-]#[N+]C(C#N)=C1/C(=C/c2sc(-c3sc4c(sc5c6c7nsnc7c7c8sc9c(CCCCCCCCCCC)c(-c%10cc(CCCCCCCCCCC)c(/C=C%11\C(=O)c%12cc%13cc(F)c(F)cc%13cc%12\C%11=C(\C#N)[N+]#[C-])s%10)sc9c8n(CC(CC)CCCC)c7c6n(CC(CC)CCCC)c45)c3CCCCCCCCCCC)cc2CCCCCCCCCCC)C(=O)c2cc3cc(F)c(F)cc3cc21. The fourth-order valence-electron chi connectivity index (χ4n) is 22.2. The molecule has 0 N–H and O–H groups in total. The Balaban J connectivity index is 0.916. The van der Waals surface area contributed by atoms with Gasteiger partial charge in [0.05, 0.1) is 87.3 Å². The molecule has 0 spiro atoms. The van der Waals surface area contributed by atoms with Crippen molar-refractivity contribution in [2.24, 2.45) is 11.8 Å². The lowest BCUT2D eigenvalue weighted by Crippen LogP contribution is -2.13. The average Bonchev–Trinajstić information content (AvgIpc) is 1.50. The number of carbonyl (C=O) groups is 2. The first-order valence-corrected chi connectivity index (χ1v) is 59.4. The lowest BCUT2D eigenvalue weighted by Gasteiger charge is -2.20. The predicted octanol–water partition coefficient (Wildman–Crippen LogP) is 40.4. The smallest absolute Gasteiger partial charge is 0.270 e. The van der Waals surface area contributed by atoms with E-state index in [0.717, 1.165) is 220 Å². The summed E-state index contributed by atoms with van der Waals surface area (Å²) >= 11 is 12.5. The number of aryl methyl sites for hydroxylation is 4. The van der Waals surface area contributed by atoms with Crippen LogP contribution in [0.1, 0.15) is 402 Å². The van der Waals surface area contributed by atoms with Crippen LogP contribution in [0.3, 0.4) is 0 Å². The van der Waals surface area contributed by atoms with Gasteiger partial charge in [-0.15, -0.1) is 68.0 Å². The molecule has 2 unspecified atom stereocenters. The Kier molecular flexibility index (Phi) is 37.1. The molecular formula is C120H138F4N8O2S7. The van der Waals surface area contributed by atoms with Crippen molar-refractivity contribution in [3.63, 3.8) is 0 Å². The predicted molar refractivity (Wildman–Crippen MR) is 598 cm³/mol. The number of benzene rings is 5. The van der Waals surface area contributed by atoms with E-state index in [1.807, 2.05) is 57.5 Å². The first-order valence-electron chi connectivity index (χ1n) is 53.7. The summed E-state index contributed by atoms with van der Waals surface area (Å²) < 4.78 is 84.9. The molecule has 9 aromatic heterocycles. The normalized spacial score (nSPS) is 14.7. The van der Waals surface area contributed by atoms with E-state index >= 15 is 27.2 Å². The first kappa shape index (κ1) is 105. The van der Waals surface area contributed by atoms with Crippen molar-refractivity contribution in [3.05, 3.63) is 184 Å². The van der Waals surface area contributed by atoms with Crippen molar-refractivity contribution in [2.75, 3.05) is 0 Å². The number of nitriles is 2. The molecule has 2 aliphatic carbocycles. The Hall–Kier alpha value is -9.26. The molecule has 16 rings (SSSR count). The molecule has 0 amide bonds. The van der Waals surface area contributed by atoms with Crippen LogP contribution in [0.4, 0.5) is 17.6 Å². The molecular weight excluding hydrogens is 1890 g/mol. The molecule has 141 heavy (non-hydrogen) atoms. The largest absolute Gasteiger partial charge is 0.337 e. The summed E-state index contributed by atoms with van der Waals surface area (Å²) in [6.07, 6.45) is 58.5. The van der Waals surface area contributed by atoms with Gasteiger partial charge in [0.1, 0.15) is 11.0 Å². The van der Waals surface area contributed by atoms with Crippen molar-refractivity contribution in [3.8, 4) is 31.6 Å². The Morgan fingerprint density at radius 2 is 0.674 bits per heavy atom. The Labute approximate surface area is 860 Å². The van der Waals surface area contributed by atoms with Crippen LogP contribution < -0.4 is 0 Å². The van der Waals surface area contributed by atoms with Crippen LogP contribution in [0.15, 0.2) is 83.2 Å². The number of Topliss-reactive ketones (excluding diaryl/α,β-unsaturated/α-hetero) is 2. The molecule has 2 atom stereocenters. The highest BCUT2D eigenvalue weighted by Crippen LogP contribution is 2.59. The maximum atomic E-state index is 15.4. The third-order valence-electron chi connectivity index (χ3n) is 30.2. The van der Waals surface area contributed by atoms with Crippen molar-refractivity contribution >= 4 is 208 Å². The first-order chi connectivity index (χ1) is 69.0.